The molecule has 2 aliphatic carbocycles. The second-order valence-corrected chi connectivity index (χ2v) is 9.10. The fraction of sp³-hybridized carbons (Fsp3) is 0.423. The van der Waals surface area contributed by atoms with E-state index in [0.717, 1.165) is 0 Å². The van der Waals surface area contributed by atoms with E-state index >= 15 is 0 Å². The Morgan fingerprint density at radius 2 is 1.64 bits per heavy atom. The van der Waals surface area contributed by atoms with Gasteiger partial charge in [-0.25, -0.2) is 4.79 Å². The molecule has 0 radical (unpaired) electrons. The van der Waals surface area contributed by atoms with E-state index < -0.39 is 17.5 Å². The molecule has 7 nitrogen and oxygen atoms in total. The van der Waals surface area contributed by atoms with E-state index in [0.29, 0.717) is 32.2 Å². The van der Waals surface area contributed by atoms with Crippen molar-refractivity contribution in [3.05, 3.63) is 59.7 Å². The molecule has 0 saturated heterocycles. The first-order valence-corrected chi connectivity index (χ1v) is 11.5. The van der Waals surface area contributed by atoms with Crippen LogP contribution in [0.4, 0.5) is 4.79 Å². The normalized spacial score (nSPS) is 16.3. The van der Waals surface area contributed by atoms with Gasteiger partial charge >= 0.3 is 12.1 Å². The number of fused-ring (bicyclic) bond motifs is 3. The average Bonchev–Trinajstić information content (AvgIpc) is 3.56. The second-order valence-electron chi connectivity index (χ2n) is 9.10. The van der Waals surface area contributed by atoms with E-state index in [1.165, 1.54) is 22.3 Å². The number of hydrogen-bond donors (Lipinski definition) is 3. The van der Waals surface area contributed by atoms with Gasteiger partial charge in [-0.1, -0.05) is 55.5 Å². The van der Waals surface area contributed by atoms with Crippen molar-refractivity contribution < 1.29 is 24.2 Å². The summed E-state index contributed by atoms with van der Waals surface area (Å²) in [6.45, 7) is 2.67. The first-order chi connectivity index (χ1) is 15.9. The van der Waals surface area contributed by atoms with Crippen LogP contribution >= 0.6 is 0 Å². The molecule has 0 aromatic heterocycles. The van der Waals surface area contributed by atoms with Crippen LogP contribution in [0.15, 0.2) is 48.5 Å². The first kappa shape index (κ1) is 22.8. The highest BCUT2D eigenvalue weighted by Gasteiger charge is 2.50. The topological polar surface area (TPSA) is 105 Å². The minimum atomic E-state index is -0.845. The van der Waals surface area contributed by atoms with Crippen LogP contribution in [-0.4, -0.2) is 42.8 Å². The Kier molecular flexibility index (Phi) is 6.67. The highest BCUT2D eigenvalue weighted by atomic mass is 16.5. The molecule has 0 spiro atoms. The summed E-state index contributed by atoms with van der Waals surface area (Å²) >= 11 is 0. The molecule has 1 unspecified atom stereocenters. The molecule has 1 atom stereocenters. The van der Waals surface area contributed by atoms with Gasteiger partial charge in [0, 0.05) is 24.9 Å². The monoisotopic (exact) mass is 450 g/mol. The number of carbonyl (C=O) groups is 3. The van der Waals surface area contributed by atoms with Crippen molar-refractivity contribution in [2.24, 2.45) is 11.3 Å². The SMILES string of the molecule is CC(CCCNC(=O)OCC1c2ccccc2-c2ccccc21)C(=O)NCC1(C(=O)O)CC1. The summed E-state index contributed by atoms with van der Waals surface area (Å²) in [4.78, 5) is 35.6. The molecule has 3 N–H and O–H groups in total. The molecular weight excluding hydrogens is 420 g/mol. The van der Waals surface area contributed by atoms with Gasteiger partial charge in [0.05, 0.1) is 5.41 Å². The molecule has 0 bridgehead atoms. The molecular formula is C26H30N2O5. The van der Waals surface area contributed by atoms with Crippen LogP contribution in [0.25, 0.3) is 11.1 Å². The molecule has 2 amide bonds. The largest absolute Gasteiger partial charge is 0.481 e. The van der Waals surface area contributed by atoms with Crippen LogP contribution in [0.3, 0.4) is 0 Å². The van der Waals surface area contributed by atoms with Crippen molar-refractivity contribution in [3.8, 4) is 11.1 Å². The molecule has 174 valence electrons. The van der Waals surface area contributed by atoms with Crippen LogP contribution < -0.4 is 10.6 Å². The third-order valence-electron chi connectivity index (χ3n) is 6.78. The number of hydrogen-bond acceptors (Lipinski definition) is 4. The summed E-state index contributed by atoms with van der Waals surface area (Å²) < 4.78 is 5.51. The molecule has 0 heterocycles. The minimum Gasteiger partial charge on any atom is -0.481 e. The molecule has 7 heteroatoms. The summed E-state index contributed by atoms with van der Waals surface area (Å²) in [5.74, 6) is -1.22. The minimum absolute atomic E-state index is 0.0208. The Morgan fingerprint density at radius 3 is 2.21 bits per heavy atom. The predicted octanol–water partition coefficient (Wildman–Crippen LogP) is 3.92. The van der Waals surface area contributed by atoms with Gasteiger partial charge in [-0.2, -0.15) is 0 Å². The number of carboxylic acid groups (broad SMARTS) is 1. The van der Waals surface area contributed by atoms with E-state index in [4.69, 9.17) is 4.74 Å². The van der Waals surface area contributed by atoms with Crippen molar-refractivity contribution in [2.45, 2.75) is 38.5 Å². The number of ether oxygens (including phenoxy) is 1. The third-order valence-corrected chi connectivity index (χ3v) is 6.78. The second kappa shape index (κ2) is 9.65. The fourth-order valence-corrected chi connectivity index (χ4v) is 4.43. The number of carboxylic acids is 1. The van der Waals surface area contributed by atoms with Gasteiger partial charge in [-0.15, -0.1) is 0 Å². The molecule has 0 aliphatic heterocycles. The molecule has 33 heavy (non-hydrogen) atoms. The van der Waals surface area contributed by atoms with E-state index in [9.17, 15) is 19.5 Å². The van der Waals surface area contributed by atoms with E-state index in [-0.39, 0.29) is 30.9 Å². The number of nitrogens with one attached hydrogen (secondary N) is 2. The number of benzene rings is 2. The zero-order valence-corrected chi connectivity index (χ0v) is 18.8. The van der Waals surface area contributed by atoms with Crippen LogP contribution in [0.5, 0.6) is 0 Å². The summed E-state index contributed by atoms with van der Waals surface area (Å²) in [7, 11) is 0. The number of carbonyl (C=O) groups excluding carboxylic acids is 2. The fourth-order valence-electron chi connectivity index (χ4n) is 4.43. The Balaban J connectivity index is 1.17. The Morgan fingerprint density at radius 1 is 1.03 bits per heavy atom. The third kappa shape index (κ3) is 5.02. The Labute approximate surface area is 193 Å². The van der Waals surface area contributed by atoms with Crippen LogP contribution in [-0.2, 0) is 14.3 Å². The smallest absolute Gasteiger partial charge is 0.407 e. The van der Waals surface area contributed by atoms with E-state index in [2.05, 4.69) is 34.9 Å². The Hall–Kier alpha value is -3.35. The first-order valence-electron chi connectivity index (χ1n) is 11.5. The summed E-state index contributed by atoms with van der Waals surface area (Å²) in [5, 5.41) is 14.7. The highest BCUT2D eigenvalue weighted by Crippen LogP contribution is 2.45. The zero-order chi connectivity index (χ0) is 23.4. The number of rotatable bonds is 10. The lowest BCUT2D eigenvalue weighted by molar-refractivity contribution is -0.143. The lowest BCUT2D eigenvalue weighted by atomic mass is 9.98. The van der Waals surface area contributed by atoms with Crippen molar-refractivity contribution in [1.82, 2.24) is 10.6 Å². The van der Waals surface area contributed by atoms with E-state index in [1.807, 2.05) is 31.2 Å². The van der Waals surface area contributed by atoms with Crippen LogP contribution in [0, 0.1) is 11.3 Å². The summed E-state index contributed by atoms with van der Waals surface area (Å²) in [6.07, 6.45) is 1.98. The van der Waals surface area contributed by atoms with Gasteiger partial charge in [0.25, 0.3) is 0 Å². The summed E-state index contributed by atoms with van der Waals surface area (Å²) in [6, 6.07) is 16.4. The molecule has 2 aliphatic rings. The lowest BCUT2D eigenvalue weighted by Gasteiger charge is -2.16. The number of aliphatic carboxylic acids is 1. The van der Waals surface area contributed by atoms with Gasteiger partial charge in [0.15, 0.2) is 0 Å². The van der Waals surface area contributed by atoms with Crippen molar-refractivity contribution in [1.29, 1.82) is 0 Å². The van der Waals surface area contributed by atoms with Gasteiger partial charge in [0.2, 0.25) is 5.91 Å². The average molecular weight is 451 g/mol. The summed E-state index contributed by atoms with van der Waals surface area (Å²) in [5.41, 5.74) is 3.95. The lowest BCUT2D eigenvalue weighted by Crippen LogP contribution is -2.37. The molecule has 2 aromatic carbocycles. The van der Waals surface area contributed by atoms with Gasteiger partial charge in [0.1, 0.15) is 6.61 Å². The highest BCUT2D eigenvalue weighted by molar-refractivity contribution is 5.82. The quantitative estimate of drug-likeness (QED) is 0.476. The Bertz CT molecular complexity index is 1000. The standard InChI is InChI=1S/C26H30N2O5/c1-17(23(29)28-16-26(12-13-26)24(30)31)7-6-14-27-25(32)33-15-22-20-10-4-2-8-18(20)19-9-3-5-11-21(19)22/h2-5,8-11,17,22H,6-7,12-16H2,1H3,(H,27,32)(H,28,29)(H,30,31). The molecule has 1 fully saturated rings. The van der Waals surface area contributed by atoms with Gasteiger partial charge in [-0.05, 0) is 47.9 Å². The molecule has 1 saturated carbocycles. The maximum absolute atomic E-state index is 12.2. The van der Waals surface area contributed by atoms with Gasteiger partial charge < -0.3 is 20.5 Å². The molecule has 2 aromatic rings. The van der Waals surface area contributed by atoms with Crippen molar-refractivity contribution in [3.63, 3.8) is 0 Å². The number of amides is 2. The molecule has 4 rings (SSSR count). The number of alkyl carbamates (subject to hydrolysis) is 1. The van der Waals surface area contributed by atoms with E-state index in [1.54, 1.807) is 0 Å². The zero-order valence-electron chi connectivity index (χ0n) is 18.8. The van der Waals surface area contributed by atoms with Crippen LogP contribution in [0.1, 0.15) is 49.7 Å². The maximum Gasteiger partial charge on any atom is 0.407 e. The van der Waals surface area contributed by atoms with Crippen molar-refractivity contribution in [2.75, 3.05) is 19.7 Å². The van der Waals surface area contributed by atoms with Gasteiger partial charge in [-0.3, -0.25) is 9.59 Å². The maximum atomic E-state index is 12.2. The van der Waals surface area contributed by atoms with Crippen LogP contribution in [0.2, 0.25) is 0 Å². The predicted molar refractivity (Wildman–Crippen MR) is 124 cm³/mol. The van der Waals surface area contributed by atoms with Crippen molar-refractivity contribution >= 4 is 18.0 Å².